The fourth-order valence-corrected chi connectivity index (χ4v) is 2.08. The molecule has 0 saturated heterocycles. The molecule has 0 aromatic heterocycles. The first kappa shape index (κ1) is 13.6. The Morgan fingerprint density at radius 3 is 2.11 bits per heavy atom. The lowest BCUT2D eigenvalue weighted by Gasteiger charge is -2.21. The summed E-state index contributed by atoms with van der Waals surface area (Å²) in [6, 6.07) is 18.9. The van der Waals surface area contributed by atoms with Crippen LogP contribution in [-0.4, -0.2) is 12.2 Å². The van der Waals surface area contributed by atoms with Gasteiger partial charge in [0.15, 0.2) is 5.11 Å². The van der Waals surface area contributed by atoms with Crippen molar-refractivity contribution in [3.05, 3.63) is 71.3 Å². The first-order valence-electron chi connectivity index (χ1n) is 6.30. The molecule has 3 heteroatoms. The minimum Gasteiger partial charge on any atom is -0.366 e. The van der Waals surface area contributed by atoms with Crippen LogP contribution in [0.3, 0.4) is 0 Å². The van der Waals surface area contributed by atoms with Crippen molar-refractivity contribution in [1.82, 2.24) is 10.6 Å². The Kier molecular flexibility index (Phi) is 4.53. The van der Waals surface area contributed by atoms with Crippen molar-refractivity contribution in [2.24, 2.45) is 0 Å². The van der Waals surface area contributed by atoms with E-state index >= 15 is 0 Å². The van der Waals surface area contributed by atoms with Crippen molar-refractivity contribution in [3.63, 3.8) is 0 Å². The van der Waals surface area contributed by atoms with Gasteiger partial charge in [-0.15, -0.1) is 0 Å². The van der Waals surface area contributed by atoms with Gasteiger partial charge in [0.2, 0.25) is 0 Å². The van der Waals surface area contributed by atoms with Crippen LogP contribution in [0, 0.1) is 6.92 Å². The third-order valence-corrected chi connectivity index (χ3v) is 3.37. The van der Waals surface area contributed by atoms with Crippen LogP contribution in [-0.2, 0) is 0 Å². The summed E-state index contributed by atoms with van der Waals surface area (Å²) in [4.78, 5) is 0. The predicted octanol–water partition coefficient (Wildman–Crippen LogP) is 3.18. The molecule has 0 aliphatic rings. The fourth-order valence-electron chi connectivity index (χ4n) is 1.97. The van der Waals surface area contributed by atoms with E-state index in [1.807, 2.05) is 25.2 Å². The van der Waals surface area contributed by atoms with E-state index < -0.39 is 0 Å². The molecule has 98 valence electrons. The molecule has 2 aromatic carbocycles. The number of benzene rings is 2. The summed E-state index contributed by atoms with van der Waals surface area (Å²) in [6.07, 6.45) is 0. The van der Waals surface area contributed by atoms with Crippen LogP contribution in [0.5, 0.6) is 0 Å². The largest absolute Gasteiger partial charge is 0.366 e. The summed E-state index contributed by atoms with van der Waals surface area (Å²) in [7, 11) is 1.83. The maximum atomic E-state index is 5.24. The number of nitrogens with one attached hydrogen (secondary N) is 2. The summed E-state index contributed by atoms with van der Waals surface area (Å²) >= 11 is 5.24. The predicted molar refractivity (Wildman–Crippen MR) is 84.3 cm³/mol. The first-order valence-corrected chi connectivity index (χ1v) is 6.71. The molecule has 0 heterocycles. The molecule has 0 saturated carbocycles. The molecule has 2 aromatic rings. The highest BCUT2D eigenvalue weighted by Crippen LogP contribution is 2.22. The van der Waals surface area contributed by atoms with Gasteiger partial charge in [0, 0.05) is 7.05 Å². The van der Waals surface area contributed by atoms with Gasteiger partial charge in [0.25, 0.3) is 0 Å². The number of hydrogen-bond donors (Lipinski definition) is 2. The minimum atomic E-state index is 0.0711. The van der Waals surface area contributed by atoms with E-state index in [4.69, 9.17) is 12.2 Å². The van der Waals surface area contributed by atoms with Crippen LogP contribution >= 0.6 is 12.2 Å². The van der Waals surface area contributed by atoms with Gasteiger partial charge in [-0.2, -0.15) is 0 Å². The number of aryl methyl sites for hydroxylation is 1. The van der Waals surface area contributed by atoms with Crippen LogP contribution in [0.25, 0.3) is 0 Å². The van der Waals surface area contributed by atoms with E-state index in [0.29, 0.717) is 5.11 Å². The van der Waals surface area contributed by atoms with Crippen molar-refractivity contribution in [2.75, 3.05) is 7.05 Å². The van der Waals surface area contributed by atoms with Crippen LogP contribution in [0.15, 0.2) is 54.6 Å². The second kappa shape index (κ2) is 6.34. The highest BCUT2D eigenvalue weighted by Gasteiger charge is 2.14. The normalized spacial score (nSPS) is 11.7. The molecule has 0 unspecified atom stereocenters. The first-order chi connectivity index (χ1) is 9.20. The van der Waals surface area contributed by atoms with E-state index in [0.717, 1.165) is 0 Å². The molecule has 2 N–H and O–H groups in total. The Morgan fingerprint density at radius 2 is 1.53 bits per heavy atom. The molecule has 0 amide bonds. The summed E-state index contributed by atoms with van der Waals surface area (Å²) in [6.45, 7) is 2.09. The van der Waals surface area contributed by atoms with Gasteiger partial charge >= 0.3 is 0 Å². The molecule has 2 rings (SSSR count). The lowest BCUT2D eigenvalue weighted by Crippen LogP contribution is -2.36. The molecule has 2 nitrogen and oxygen atoms in total. The van der Waals surface area contributed by atoms with E-state index in [-0.39, 0.29) is 6.04 Å². The highest BCUT2D eigenvalue weighted by molar-refractivity contribution is 7.80. The molecule has 0 aliphatic heterocycles. The van der Waals surface area contributed by atoms with Crippen molar-refractivity contribution in [1.29, 1.82) is 0 Å². The Morgan fingerprint density at radius 1 is 0.947 bits per heavy atom. The van der Waals surface area contributed by atoms with Crippen molar-refractivity contribution >= 4 is 17.3 Å². The van der Waals surface area contributed by atoms with Crippen molar-refractivity contribution in [2.45, 2.75) is 13.0 Å². The van der Waals surface area contributed by atoms with Crippen molar-refractivity contribution < 1.29 is 0 Å². The van der Waals surface area contributed by atoms with Gasteiger partial charge in [-0.1, -0.05) is 60.2 Å². The van der Waals surface area contributed by atoms with Gasteiger partial charge in [-0.25, -0.2) is 0 Å². The lowest BCUT2D eigenvalue weighted by molar-refractivity contribution is 0.752. The van der Waals surface area contributed by atoms with E-state index in [2.05, 4.69) is 54.0 Å². The van der Waals surface area contributed by atoms with E-state index in [1.165, 1.54) is 16.7 Å². The Bertz CT molecular complexity index is 534. The van der Waals surface area contributed by atoms with Crippen LogP contribution in [0.1, 0.15) is 22.7 Å². The van der Waals surface area contributed by atoms with E-state index in [9.17, 15) is 0 Å². The molecular weight excluding hydrogens is 252 g/mol. The second-order valence-electron chi connectivity index (χ2n) is 4.48. The van der Waals surface area contributed by atoms with E-state index in [1.54, 1.807) is 0 Å². The summed E-state index contributed by atoms with van der Waals surface area (Å²) < 4.78 is 0. The number of thiocarbonyl (C=S) groups is 1. The van der Waals surface area contributed by atoms with Gasteiger partial charge < -0.3 is 10.6 Å². The molecule has 0 fully saturated rings. The molecule has 0 bridgehead atoms. The zero-order valence-corrected chi connectivity index (χ0v) is 12.0. The maximum absolute atomic E-state index is 5.24. The minimum absolute atomic E-state index is 0.0711. The summed E-state index contributed by atoms with van der Waals surface area (Å²) in [5, 5.41) is 6.95. The van der Waals surface area contributed by atoms with Crippen LogP contribution in [0.4, 0.5) is 0 Å². The van der Waals surface area contributed by atoms with Gasteiger partial charge in [-0.3, -0.25) is 0 Å². The average molecular weight is 270 g/mol. The summed E-state index contributed by atoms with van der Waals surface area (Å²) in [5.41, 5.74) is 3.66. The monoisotopic (exact) mass is 270 g/mol. The Hall–Kier alpha value is -1.87. The standard InChI is InChI=1S/C16H18N2S/c1-12-8-10-14(11-9-12)15(18-16(19)17-2)13-6-4-3-5-7-13/h3-11,15H,1-2H3,(H2,17,18,19)/t15-/m1/s1. The zero-order valence-electron chi connectivity index (χ0n) is 11.2. The highest BCUT2D eigenvalue weighted by atomic mass is 32.1. The molecular formula is C16H18N2S. The quantitative estimate of drug-likeness (QED) is 0.838. The topological polar surface area (TPSA) is 24.1 Å². The van der Waals surface area contributed by atoms with Gasteiger partial charge in [0.05, 0.1) is 6.04 Å². The van der Waals surface area contributed by atoms with Crippen molar-refractivity contribution in [3.8, 4) is 0 Å². The number of rotatable bonds is 3. The number of hydrogen-bond acceptors (Lipinski definition) is 1. The zero-order chi connectivity index (χ0) is 13.7. The third kappa shape index (κ3) is 3.55. The molecule has 0 aliphatic carbocycles. The molecule has 0 spiro atoms. The fraction of sp³-hybridized carbons (Fsp3) is 0.188. The third-order valence-electron chi connectivity index (χ3n) is 3.05. The summed E-state index contributed by atoms with van der Waals surface area (Å²) in [5.74, 6) is 0. The van der Waals surface area contributed by atoms with Crippen LogP contribution < -0.4 is 10.6 Å². The Labute approximate surface area is 119 Å². The lowest BCUT2D eigenvalue weighted by atomic mass is 9.98. The van der Waals surface area contributed by atoms with Gasteiger partial charge in [-0.05, 0) is 30.3 Å². The smallest absolute Gasteiger partial charge is 0.166 e. The molecule has 19 heavy (non-hydrogen) atoms. The maximum Gasteiger partial charge on any atom is 0.166 e. The van der Waals surface area contributed by atoms with Gasteiger partial charge in [0.1, 0.15) is 0 Å². The molecule has 0 radical (unpaired) electrons. The average Bonchev–Trinajstić information content (AvgIpc) is 2.46. The molecule has 1 atom stereocenters. The Balaban J connectivity index is 2.34. The second-order valence-corrected chi connectivity index (χ2v) is 4.89. The SMILES string of the molecule is CNC(=S)N[C@H](c1ccccc1)c1ccc(C)cc1. The van der Waals surface area contributed by atoms with Crippen LogP contribution in [0.2, 0.25) is 0 Å².